The van der Waals surface area contributed by atoms with Gasteiger partial charge >= 0.3 is 0 Å². The molecule has 0 heterocycles. The zero-order chi connectivity index (χ0) is 14.7. The van der Waals surface area contributed by atoms with Crippen molar-refractivity contribution < 1.29 is 13.9 Å². The molecule has 0 amide bonds. The van der Waals surface area contributed by atoms with Crippen LogP contribution in [0.3, 0.4) is 0 Å². The Morgan fingerprint density at radius 3 is 2.30 bits per heavy atom. The first-order chi connectivity index (χ1) is 9.49. The number of ether oxygens (including phenoxy) is 1. The molecule has 20 heavy (non-hydrogen) atoms. The molecule has 0 spiro atoms. The summed E-state index contributed by atoms with van der Waals surface area (Å²) in [5, 5.41) is 0. The Labute approximate surface area is 118 Å². The molecular weight excluding hydrogens is 255 g/mol. The van der Waals surface area contributed by atoms with Gasteiger partial charge in [0.05, 0.1) is 0 Å². The highest BCUT2D eigenvalue weighted by Crippen LogP contribution is 2.21. The first-order valence-corrected chi connectivity index (χ1v) is 6.45. The van der Waals surface area contributed by atoms with Crippen LogP contribution >= 0.6 is 0 Å². The van der Waals surface area contributed by atoms with Gasteiger partial charge in [-0.25, -0.2) is 4.39 Å². The maximum Gasteiger partial charge on any atom is 0.150 e. The van der Waals surface area contributed by atoms with Crippen molar-refractivity contribution in [2.24, 2.45) is 0 Å². The van der Waals surface area contributed by atoms with Gasteiger partial charge in [-0.15, -0.1) is 0 Å². The number of benzene rings is 2. The van der Waals surface area contributed by atoms with E-state index in [1.165, 1.54) is 23.8 Å². The molecule has 2 aromatic carbocycles. The van der Waals surface area contributed by atoms with E-state index in [1.54, 1.807) is 0 Å². The van der Waals surface area contributed by atoms with Gasteiger partial charge in [-0.3, -0.25) is 4.79 Å². The van der Waals surface area contributed by atoms with E-state index in [0.717, 1.165) is 16.7 Å². The number of carbonyl (C=O) groups is 1. The highest BCUT2D eigenvalue weighted by molar-refractivity contribution is 5.75. The third-order valence-electron chi connectivity index (χ3n) is 3.25. The topological polar surface area (TPSA) is 26.3 Å². The van der Waals surface area contributed by atoms with Crippen LogP contribution in [0.15, 0.2) is 30.3 Å². The summed E-state index contributed by atoms with van der Waals surface area (Å²) in [5.74, 6) is -0.103. The lowest BCUT2D eigenvalue weighted by molar-refractivity contribution is 0.112. The minimum absolute atomic E-state index is 0.275. The van der Waals surface area contributed by atoms with E-state index in [9.17, 15) is 9.18 Å². The second kappa shape index (κ2) is 5.87. The predicted octanol–water partition coefficient (Wildman–Crippen LogP) is 4.14. The molecule has 2 aromatic rings. The molecule has 2 nitrogen and oxygen atoms in total. The fraction of sp³-hybridized carbons (Fsp3) is 0.235. The van der Waals surface area contributed by atoms with Gasteiger partial charge in [0.15, 0.2) is 0 Å². The Morgan fingerprint density at radius 2 is 1.70 bits per heavy atom. The Bertz CT molecular complexity index is 624. The highest BCUT2D eigenvalue weighted by Gasteiger charge is 2.06. The summed E-state index contributed by atoms with van der Waals surface area (Å²) in [7, 11) is 0. The lowest BCUT2D eigenvalue weighted by Crippen LogP contribution is -2.02. The van der Waals surface area contributed by atoms with Gasteiger partial charge in [-0.1, -0.05) is 17.7 Å². The van der Waals surface area contributed by atoms with Crippen LogP contribution in [-0.4, -0.2) is 6.29 Å². The second-order valence-electron chi connectivity index (χ2n) is 5.00. The van der Waals surface area contributed by atoms with Crippen LogP contribution in [0.25, 0.3) is 0 Å². The predicted molar refractivity (Wildman–Crippen MR) is 76.8 cm³/mol. The molecule has 0 aliphatic heterocycles. The van der Waals surface area contributed by atoms with Gasteiger partial charge in [0.2, 0.25) is 0 Å². The largest absolute Gasteiger partial charge is 0.489 e. The SMILES string of the molecule is Cc1cc(C)c(COc2cc(F)cc(C=O)c2)c(C)c1. The molecule has 0 N–H and O–H groups in total. The van der Waals surface area contributed by atoms with Crippen molar-refractivity contribution >= 4 is 6.29 Å². The number of halogens is 1. The van der Waals surface area contributed by atoms with Crippen molar-refractivity contribution in [1.29, 1.82) is 0 Å². The quantitative estimate of drug-likeness (QED) is 0.782. The first-order valence-electron chi connectivity index (χ1n) is 6.45. The van der Waals surface area contributed by atoms with Gasteiger partial charge < -0.3 is 4.74 Å². The minimum Gasteiger partial charge on any atom is -0.489 e. The molecule has 104 valence electrons. The molecule has 0 bridgehead atoms. The summed E-state index contributed by atoms with van der Waals surface area (Å²) in [6.45, 7) is 6.47. The summed E-state index contributed by atoms with van der Waals surface area (Å²) in [4.78, 5) is 10.7. The van der Waals surface area contributed by atoms with E-state index >= 15 is 0 Å². The van der Waals surface area contributed by atoms with Crippen LogP contribution in [0.2, 0.25) is 0 Å². The third-order valence-corrected chi connectivity index (χ3v) is 3.25. The van der Waals surface area contributed by atoms with Crippen LogP contribution in [0.1, 0.15) is 32.6 Å². The molecule has 0 unspecified atom stereocenters. The second-order valence-corrected chi connectivity index (χ2v) is 5.00. The molecule has 0 saturated carbocycles. The van der Waals surface area contributed by atoms with Gasteiger partial charge in [-0.05, 0) is 49.6 Å². The Balaban J connectivity index is 2.21. The van der Waals surface area contributed by atoms with Crippen LogP contribution in [0, 0.1) is 26.6 Å². The summed E-state index contributed by atoms with van der Waals surface area (Å²) in [6.07, 6.45) is 0.609. The first kappa shape index (κ1) is 14.3. The average molecular weight is 272 g/mol. The summed E-state index contributed by atoms with van der Waals surface area (Å²) < 4.78 is 18.9. The molecule has 0 aliphatic carbocycles. The Hall–Kier alpha value is -2.16. The van der Waals surface area contributed by atoms with E-state index in [2.05, 4.69) is 12.1 Å². The van der Waals surface area contributed by atoms with Crippen LogP contribution in [0.5, 0.6) is 5.75 Å². The molecule has 0 atom stereocenters. The maximum atomic E-state index is 13.3. The Morgan fingerprint density at radius 1 is 1.05 bits per heavy atom. The number of carbonyl (C=O) groups excluding carboxylic acids is 1. The van der Waals surface area contributed by atoms with Crippen LogP contribution in [-0.2, 0) is 6.61 Å². The number of aldehydes is 1. The van der Waals surface area contributed by atoms with Crippen molar-refractivity contribution in [3.63, 3.8) is 0 Å². The van der Waals surface area contributed by atoms with Crippen molar-refractivity contribution in [3.8, 4) is 5.75 Å². The van der Waals surface area contributed by atoms with Gasteiger partial charge in [0.1, 0.15) is 24.5 Å². The highest BCUT2D eigenvalue weighted by atomic mass is 19.1. The monoisotopic (exact) mass is 272 g/mol. The number of hydrogen-bond acceptors (Lipinski definition) is 2. The zero-order valence-corrected chi connectivity index (χ0v) is 11.9. The normalized spacial score (nSPS) is 10.4. The zero-order valence-electron chi connectivity index (χ0n) is 11.9. The fourth-order valence-electron chi connectivity index (χ4n) is 2.33. The summed E-state index contributed by atoms with van der Waals surface area (Å²) in [6, 6.07) is 8.19. The molecular formula is C17H17FO2. The molecule has 0 saturated heterocycles. The molecule has 0 radical (unpaired) electrons. The van der Waals surface area contributed by atoms with Crippen molar-refractivity contribution in [1.82, 2.24) is 0 Å². The fourth-order valence-corrected chi connectivity index (χ4v) is 2.33. The lowest BCUT2D eigenvalue weighted by Gasteiger charge is -2.13. The van der Waals surface area contributed by atoms with E-state index in [1.807, 2.05) is 20.8 Å². The Kier molecular flexibility index (Phi) is 4.18. The summed E-state index contributed by atoms with van der Waals surface area (Å²) in [5.41, 5.74) is 4.87. The van der Waals surface area contributed by atoms with Crippen LogP contribution in [0.4, 0.5) is 4.39 Å². The molecule has 0 aliphatic rings. The van der Waals surface area contributed by atoms with Crippen molar-refractivity contribution in [2.45, 2.75) is 27.4 Å². The van der Waals surface area contributed by atoms with E-state index in [4.69, 9.17) is 4.74 Å². The van der Waals surface area contributed by atoms with Crippen molar-refractivity contribution in [2.75, 3.05) is 0 Å². The lowest BCUT2D eigenvalue weighted by atomic mass is 10.0. The maximum absolute atomic E-state index is 13.3. The molecule has 3 heteroatoms. The molecule has 0 aromatic heterocycles. The standard InChI is InChI=1S/C17H17FO2/c1-11-4-12(2)17(13(3)5-11)10-20-16-7-14(9-19)6-15(18)8-16/h4-9H,10H2,1-3H3. The van der Waals surface area contributed by atoms with Gasteiger partial charge in [0, 0.05) is 11.6 Å². The number of aryl methyl sites for hydroxylation is 3. The molecule has 0 fully saturated rings. The van der Waals surface area contributed by atoms with Gasteiger partial charge in [0.25, 0.3) is 0 Å². The van der Waals surface area contributed by atoms with E-state index in [-0.39, 0.29) is 5.56 Å². The average Bonchev–Trinajstić information content (AvgIpc) is 2.36. The van der Waals surface area contributed by atoms with Gasteiger partial charge in [-0.2, -0.15) is 0 Å². The molecule has 2 rings (SSSR count). The number of rotatable bonds is 4. The third kappa shape index (κ3) is 3.23. The van der Waals surface area contributed by atoms with Crippen LogP contribution < -0.4 is 4.74 Å². The van der Waals surface area contributed by atoms with Crippen molar-refractivity contribution in [3.05, 3.63) is 64.0 Å². The van der Waals surface area contributed by atoms with E-state index in [0.29, 0.717) is 18.6 Å². The minimum atomic E-state index is -0.470. The number of hydrogen-bond donors (Lipinski definition) is 0. The van der Waals surface area contributed by atoms with E-state index < -0.39 is 5.82 Å². The smallest absolute Gasteiger partial charge is 0.150 e. The summed E-state index contributed by atoms with van der Waals surface area (Å²) >= 11 is 0.